The van der Waals surface area contributed by atoms with Crippen molar-refractivity contribution in [3.05, 3.63) is 40.4 Å². The summed E-state index contributed by atoms with van der Waals surface area (Å²) in [7, 11) is 0.683. The Kier molecular flexibility index (Phi) is 5.23. The fourth-order valence-corrected chi connectivity index (χ4v) is 2.48. The molecule has 0 spiro atoms. The van der Waals surface area contributed by atoms with Gasteiger partial charge in [-0.3, -0.25) is 0 Å². The van der Waals surface area contributed by atoms with Crippen molar-refractivity contribution < 1.29 is 23.9 Å². The minimum atomic E-state index is -0.661. The van der Waals surface area contributed by atoms with Gasteiger partial charge in [0.25, 0.3) is 0 Å². The summed E-state index contributed by atoms with van der Waals surface area (Å²) in [5.74, 6) is -0.424. The van der Waals surface area contributed by atoms with Gasteiger partial charge in [0.05, 0.1) is 30.5 Å². The molecule has 0 saturated carbocycles. The zero-order chi connectivity index (χ0) is 18.1. The van der Waals surface area contributed by atoms with Gasteiger partial charge in [-0.1, -0.05) is 23.8 Å². The molecule has 6 heteroatoms. The Morgan fingerprint density at radius 1 is 1.25 bits per heavy atom. The van der Waals surface area contributed by atoms with Gasteiger partial charge in [-0.25, -0.2) is 4.79 Å². The Hall–Kier alpha value is -1.63. The van der Waals surface area contributed by atoms with Crippen molar-refractivity contribution in [1.29, 1.82) is 0 Å². The molecular weight excluding hydrogens is 307 g/mol. The van der Waals surface area contributed by atoms with Gasteiger partial charge >= 0.3 is 13.1 Å². The van der Waals surface area contributed by atoms with Crippen molar-refractivity contribution in [2.75, 3.05) is 13.7 Å². The first-order chi connectivity index (χ1) is 11.1. The molecular formula is C18H25BO5. The van der Waals surface area contributed by atoms with E-state index < -0.39 is 24.3 Å². The first-order valence-corrected chi connectivity index (χ1v) is 7.97. The van der Waals surface area contributed by atoms with Gasteiger partial charge in [-0.15, -0.1) is 0 Å². The van der Waals surface area contributed by atoms with E-state index in [1.165, 1.54) is 7.11 Å². The quantitative estimate of drug-likeness (QED) is 0.678. The van der Waals surface area contributed by atoms with Gasteiger partial charge in [0.1, 0.15) is 0 Å². The highest BCUT2D eigenvalue weighted by molar-refractivity contribution is 6.55. The van der Waals surface area contributed by atoms with Crippen LogP contribution in [-0.4, -0.2) is 43.1 Å². The minimum absolute atomic E-state index is 0.231. The molecule has 0 aliphatic carbocycles. The Morgan fingerprint density at radius 3 is 2.33 bits per heavy atom. The summed E-state index contributed by atoms with van der Waals surface area (Å²) in [4.78, 5) is 12.0. The zero-order valence-corrected chi connectivity index (χ0v) is 15.2. The van der Waals surface area contributed by atoms with Crippen molar-refractivity contribution in [1.82, 2.24) is 0 Å². The van der Waals surface area contributed by atoms with E-state index in [0.29, 0.717) is 16.6 Å². The molecule has 1 saturated heterocycles. The molecule has 0 aromatic heterocycles. The number of carbonyl (C=O) groups is 1. The maximum atomic E-state index is 12.0. The molecule has 2 rings (SSSR count). The number of aryl methyl sites for hydroxylation is 1. The topological polar surface area (TPSA) is 65.0 Å². The lowest BCUT2D eigenvalue weighted by molar-refractivity contribution is 0.00578. The summed E-state index contributed by atoms with van der Waals surface area (Å²) in [6.45, 7) is 9.52. The summed E-state index contributed by atoms with van der Waals surface area (Å²) >= 11 is 0. The van der Waals surface area contributed by atoms with Gasteiger partial charge < -0.3 is 19.2 Å². The Labute approximate surface area is 143 Å². The van der Waals surface area contributed by atoms with Crippen LogP contribution in [0, 0.1) is 6.92 Å². The van der Waals surface area contributed by atoms with E-state index in [1.54, 1.807) is 12.1 Å². The molecule has 0 unspecified atom stereocenters. The van der Waals surface area contributed by atoms with Crippen molar-refractivity contribution in [2.45, 2.75) is 45.8 Å². The largest absolute Gasteiger partial charge is 0.492 e. The van der Waals surface area contributed by atoms with E-state index in [1.807, 2.05) is 46.8 Å². The van der Waals surface area contributed by atoms with Crippen LogP contribution in [0.25, 0.3) is 6.08 Å². The van der Waals surface area contributed by atoms with E-state index in [0.717, 1.165) is 5.56 Å². The second kappa shape index (κ2) is 6.71. The van der Waals surface area contributed by atoms with Crippen LogP contribution in [0.4, 0.5) is 0 Å². The smallest absolute Gasteiger partial charge is 0.465 e. The lowest BCUT2D eigenvalue weighted by atomic mass is 9.77. The number of hydrogen-bond acceptors (Lipinski definition) is 5. The Balaban J connectivity index is 2.42. The van der Waals surface area contributed by atoms with E-state index in [4.69, 9.17) is 14.0 Å². The first-order valence-electron chi connectivity index (χ1n) is 7.97. The predicted molar refractivity (Wildman–Crippen MR) is 93.7 cm³/mol. The third-order valence-electron chi connectivity index (χ3n) is 4.69. The van der Waals surface area contributed by atoms with Crippen LogP contribution in [0.3, 0.4) is 0 Å². The number of ether oxygens (including phenoxy) is 1. The Morgan fingerprint density at radius 2 is 1.83 bits per heavy atom. The van der Waals surface area contributed by atoms with Crippen LogP contribution in [-0.2, 0) is 14.0 Å². The molecule has 130 valence electrons. The molecule has 24 heavy (non-hydrogen) atoms. The molecule has 0 atom stereocenters. The highest BCUT2D eigenvalue weighted by Crippen LogP contribution is 2.38. The van der Waals surface area contributed by atoms with Crippen LogP contribution in [0.15, 0.2) is 23.7 Å². The molecule has 1 N–H and O–H groups in total. The van der Waals surface area contributed by atoms with Crippen molar-refractivity contribution >= 4 is 19.2 Å². The first kappa shape index (κ1) is 18.7. The molecule has 1 aromatic carbocycles. The van der Waals surface area contributed by atoms with Gasteiger partial charge in [0.2, 0.25) is 0 Å². The average molecular weight is 332 g/mol. The van der Waals surface area contributed by atoms with Crippen LogP contribution < -0.4 is 0 Å². The number of rotatable bonds is 4. The number of esters is 1. The molecule has 1 heterocycles. The normalized spacial score (nSPS) is 19.5. The number of methoxy groups -OCH3 is 1. The molecule has 0 radical (unpaired) electrons. The van der Waals surface area contributed by atoms with Crippen LogP contribution in [0.5, 0.6) is 0 Å². The van der Waals surface area contributed by atoms with Gasteiger partial charge in [-0.2, -0.15) is 0 Å². The third-order valence-corrected chi connectivity index (χ3v) is 4.69. The van der Waals surface area contributed by atoms with Crippen LogP contribution in [0.2, 0.25) is 0 Å². The van der Waals surface area contributed by atoms with E-state index in [-0.39, 0.29) is 6.61 Å². The van der Waals surface area contributed by atoms with Gasteiger partial charge in [0.15, 0.2) is 0 Å². The molecule has 1 fully saturated rings. The van der Waals surface area contributed by atoms with Crippen molar-refractivity contribution in [2.24, 2.45) is 0 Å². The number of hydrogen-bond donors (Lipinski definition) is 1. The van der Waals surface area contributed by atoms with Crippen molar-refractivity contribution in [3.8, 4) is 0 Å². The number of carbonyl (C=O) groups excluding carboxylic acids is 1. The molecule has 1 aromatic rings. The van der Waals surface area contributed by atoms with Crippen LogP contribution >= 0.6 is 0 Å². The summed E-state index contributed by atoms with van der Waals surface area (Å²) in [6, 6.07) is 5.43. The Bertz CT molecular complexity index is 647. The number of benzene rings is 1. The maximum Gasteiger partial charge on any atom is 0.492 e. The summed E-state index contributed by atoms with van der Waals surface area (Å²) in [6.07, 6.45) is 1.74. The third kappa shape index (κ3) is 3.56. The highest BCUT2D eigenvalue weighted by Gasteiger charge is 2.52. The summed E-state index contributed by atoms with van der Waals surface area (Å²) in [5.41, 5.74) is 1.67. The summed E-state index contributed by atoms with van der Waals surface area (Å²) in [5, 5.41) is 9.80. The maximum absolute atomic E-state index is 12.0. The lowest BCUT2D eigenvalue weighted by Gasteiger charge is -2.32. The monoisotopic (exact) mass is 332 g/mol. The van der Waals surface area contributed by atoms with Crippen LogP contribution in [0.1, 0.15) is 49.2 Å². The van der Waals surface area contributed by atoms with Gasteiger partial charge in [0, 0.05) is 0 Å². The molecule has 0 bridgehead atoms. The fourth-order valence-electron chi connectivity index (χ4n) is 2.48. The van der Waals surface area contributed by atoms with E-state index in [2.05, 4.69) is 0 Å². The highest BCUT2D eigenvalue weighted by atomic mass is 16.7. The van der Waals surface area contributed by atoms with E-state index in [9.17, 15) is 9.90 Å². The lowest BCUT2D eigenvalue weighted by Crippen LogP contribution is -2.41. The second-order valence-corrected chi connectivity index (χ2v) is 7.05. The standard InChI is InChI=1S/C18H25BO5/c1-12-7-8-15(16(21)22-6)13(9-12)10-14(11-20)19-23-17(2,3)18(4,5)24-19/h7-10,20H,11H2,1-6H3. The number of aliphatic hydroxyl groups is 1. The molecule has 1 aliphatic heterocycles. The summed E-state index contributed by atoms with van der Waals surface area (Å²) < 4.78 is 16.8. The number of aliphatic hydroxyl groups excluding tert-OH is 1. The van der Waals surface area contributed by atoms with Crippen molar-refractivity contribution in [3.63, 3.8) is 0 Å². The van der Waals surface area contributed by atoms with Gasteiger partial charge in [-0.05, 0) is 51.7 Å². The predicted octanol–water partition coefficient (Wildman–Crippen LogP) is 2.79. The zero-order valence-electron chi connectivity index (χ0n) is 15.2. The van der Waals surface area contributed by atoms with E-state index >= 15 is 0 Å². The fraction of sp³-hybridized carbons (Fsp3) is 0.500. The minimum Gasteiger partial charge on any atom is -0.465 e. The average Bonchev–Trinajstić information content (AvgIpc) is 2.72. The molecule has 5 nitrogen and oxygen atoms in total. The second-order valence-electron chi connectivity index (χ2n) is 7.05. The molecule has 1 aliphatic rings. The SMILES string of the molecule is COC(=O)c1ccc(C)cc1C=C(CO)B1OC(C)(C)C(C)(C)O1. The molecule has 0 amide bonds.